The summed E-state index contributed by atoms with van der Waals surface area (Å²) in [4.78, 5) is 16.9. The Morgan fingerprint density at radius 1 is 1.39 bits per heavy atom. The van der Waals surface area contributed by atoms with Gasteiger partial charge in [0.1, 0.15) is 0 Å². The second-order valence-electron chi connectivity index (χ2n) is 7.78. The molecular formula is C18H23ClN2O2. The highest BCUT2D eigenvalue weighted by Gasteiger charge is 2.59. The molecule has 0 spiro atoms. The molecule has 4 aliphatic rings. The number of pyridine rings is 1. The van der Waals surface area contributed by atoms with Gasteiger partial charge in [-0.25, -0.2) is 4.98 Å². The highest BCUT2D eigenvalue weighted by molar-refractivity contribution is 6.24. The van der Waals surface area contributed by atoms with Crippen molar-refractivity contribution in [1.29, 1.82) is 0 Å². The van der Waals surface area contributed by atoms with Crippen molar-refractivity contribution in [3.05, 3.63) is 23.9 Å². The van der Waals surface area contributed by atoms with Crippen LogP contribution in [0.1, 0.15) is 44.1 Å². The summed E-state index contributed by atoms with van der Waals surface area (Å²) in [6.45, 7) is 0.518. The van der Waals surface area contributed by atoms with Crippen molar-refractivity contribution < 1.29 is 9.53 Å². The van der Waals surface area contributed by atoms with Crippen LogP contribution in [0.3, 0.4) is 0 Å². The summed E-state index contributed by atoms with van der Waals surface area (Å²) in [5.74, 6) is 2.04. The largest absolute Gasteiger partial charge is 0.481 e. The third kappa shape index (κ3) is 2.71. The van der Waals surface area contributed by atoms with E-state index >= 15 is 0 Å². The Kier molecular flexibility index (Phi) is 3.56. The lowest BCUT2D eigenvalue weighted by atomic mass is 9.49. The van der Waals surface area contributed by atoms with E-state index in [0.29, 0.717) is 24.3 Å². The van der Waals surface area contributed by atoms with Crippen LogP contribution in [0.4, 0.5) is 0 Å². The van der Waals surface area contributed by atoms with Crippen molar-refractivity contribution in [2.45, 2.75) is 49.9 Å². The van der Waals surface area contributed by atoms with Gasteiger partial charge in [-0.1, -0.05) is 0 Å². The summed E-state index contributed by atoms with van der Waals surface area (Å²) in [6, 6.07) is 3.77. The maximum Gasteiger partial charge on any atom is 0.226 e. The fourth-order valence-electron chi connectivity index (χ4n) is 5.46. The Hall–Kier alpha value is -1.29. The van der Waals surface area contributed by atoms with Gasteiger partial charge in [-0.3, -0.25) is 4.79 Å². The van der Waals surface area contributed by atoms with Crippen LogP contribution in [0.25, 0.3) is 0 Å². The highest BCUT2D eigenvalue weighted by Crippen LogP contribution is 2.63. The first kappa shape index (κ1) is 15.3. The topological polar surface area (TPSA) is 51.2 Å². The molecule has 1 N–H and O–H groups in total. The molecule has 4 bridgehead atoms. The Labute approximate surface area is 142 Å². The van der Waals surface area contributed by atoms with Gasteiger partial charge in [-0.15, -0.1) is 11.6 Å². The zero-order chi connectivity index (χ0) is 16.1. The molecule has 4 saturated carbocycles. The number of rotatable bonds is 4. The monoisotopic (exact) mass is 334 g/mol. The van der Waals surface area contributed by atoms with Gasteiger partial charge in [-0.2, -0.15) is 0 Å². The van der Waals surface area contributed by atoms with Crippen molar-refractivity contribution in [1.82, 2.24) is 10.3 Å². The molecule has 0 aromatic carbocycles. The quantitative estimate of drug-likeness (QED) is 0.860. The number of amides is 1. The van der Waals surface area contributed by atoms with Crippen molar-refractivity contribution in [2.75, 3.05) is 7.11 Å². The van der Waals surface area contributed by atoms with Crippen LogP contribution in [0.5, 0.6) is 5.88 Å². The van der Waals surface area contributed by atoms with E-state index in [1.165, 1.54) is 6.42 Å². The molecule has 2 atom stereocenters. The molecule has 1 heterocycles. The number of carbonyl (C=O) groups excluding carboxylic acids is 1. The van der Waals surface area contributed by atoms with Crippen LogP contribution in [-0.4, -0.2) is 22.9 Å². The Balaban J connectivity index is 1.46. The van der Waals surface area contributed by atoms with Crippen LogP contribution in [0, 0.1) is 17.3 Å². The smallest absolute Gasteiger partial charge is 0.226 e. The maximum absolute atomic E-state index is 13.0. The first-order valence-electron chi connectivity index (χ1n) is 8.46. The van der Waals surface area contributed by atoms with E-state index in [0.717, 1.165) is 37.7 Å². The molecule has 1 aromatic heterocycles. The van der Waals surface area contributed by atoms with E-state index in [1.807, 2.05) is 12.1 Å². The van der Waals surface area contributed by atoms with Crippen molar-refractivity contribution in [2.24, 2.45) is 17.3 Å². The van der Waals surface area contributed by atoms with Gasteiger partial charge in [0.05, 0.1) is 12.5 Å². The van der Waals surface area contributed by atoms with Crippen LogP contribution >= 0.6 is 11.6 Å². The molecule has 0 saturated heterocycles. The molecule has 5 heteroatoms. The Morgan fingerprint density at radius 3 is 2.78 bits per heavy atom. The molecular weight excluding hydrogens is 312 g/mol. The van der Waals surface area contributed by atoms with Crippen molar-refractivity contribution in [3.8, 4) is 5.88 Å². The van der Waals surface area contributed by atoms with E-state index in [9.17, 15) is 4.79 Å². The van der Waals surface area contributed by atoms with Gasteiger partial charge >= 0.3 is 0 Å². The lowest BCUT2D eigenvalue weighted by Gasteiger charge is -2.59. The molecule has 1 amide bonds. The number of halogens is 1. The minimum Gasteiger partial charge on any atom is -0.481 e. The van der Waals surface area contributed by atoms with Gasteiger partial charge in [0, 0.05) is 23.7 Å². The van der Waals surface area contributed by atoms with Gasteiger partial charge < -0.3 is 10.1 Å². The third-order valence-corrected chi connectivity index (χ3v) is 6.38. The minimum atomic E-state index is -0.233. The number of carbonyl (C=O) groups is 1. The van der Waals surface area contributed by atoms with E-state index < -0.39 is 0 Å². The van der Waals surface area contributed by atoms with Gasteiger partial charge in [-0.05, 0) is 62.0 Å². The fraction of sp³-hybridized carbons (Fsp3) is 0.667. The zero-order valence-electron chi connectivity index (χ0n) is 13.5. The first-order valence-corrected chi connectivity index (χ1v) is 8.84. The second kappa shape index (κ2) is 5.37. The Bertz CT molecular complexity index is 619. The predicted octanol–water partition coefficient (Wildman–Crippen LogP) is 3.28. The summed E-state index contributed by atoms with van der Waals surface area (Å²) in [7, 11) is 1.60. The average molecular weight is 335 g/mol. The van der Waals surface area contributed by atoms with Crippen LogP contribution < -0.4 is 10.1 Å². The molecule has 0 radical (unpaired) electrons. The predicted molar refractivity (Wildman–Crippen MR) is 88.3 cm³/mol. The third-order valence-electron chi connectivity index (χ3n) is 5.93. The van der Waals surface area contributed by atoms with Gasteiger partial charge in [0.2, 0.25) is 11.8 Å². The lowest BCUT2D eigenvalue weighted by Crippen LogP contribution is -2.58. The van der Waals surface area contributed by atoms with Crippen molar-refractivity contribution >= 4 is 17.5 Å². The van der Waals surface area contributed by atoms with Crippen molar-refractivity contribution in [3.63, 3.8) is 0 Å². The standard InChI is InChI=1S/C18H23ClN2O2/c1-23-15-5-12(2-3-20-15)10-21-16(22)17-6-13-4-14(7-17)9-18(19,8-13)11-17/h2-3,5,13-14H,4,6-11H2,1H3,(H,21,22)/t13-,14-,17?,18?/m1/s1. The Morgan fingerprint density at radius 2 is 2.13 bits per heavy atom. The molecule has 1 aromatic rings. The van der Waals surface area contributed by atoms with Crippen LogP contribution in [-0.2, 0) is 11.3 Å². The summed E-state index contributed by atoms with van der Waals surface area (Å²) in [5.41, 5.74) is 0.777. The zero-order valence-corrected chi connectivity index (χ0v) is 14.2. The molecule has 23 heavy (non-hydrogen) atoms. The van der Waals surface area contributed by atoms with Gasteiger partial charge in [0.25, 0.3) is 0 Å². The van der Waals surface area contributed by atoms with Crippen LogP contribution in [0.2, 0.25) is 0 Å². The summed E-state index contributed by atoms with van der Waals surface area (Å²) < 4.78 is 5.13. The number of hydrogen-bond donors (Lipinski definition) is 1. The number of ether oxygens (including phenoxy) is 1. The van der Waals surface area contributed by atoms with E-state index in [4.69, 9.17) is 16.3 Å². The van der Waals surface area contributed by atoms with Gasteiger partial charge in [0.15, 0.2) is 0 Å². The molecule has 4 fully saturated rings. The SMILES string of the molecule is COc1cc(CNC(=O)C23C[C@H]4C[C@@H](CC(Cl)(C4)C2)C3)ccn1. The fourth-order valence-corrected chi connectivity index (χ4v) is 6.15. The molecule has 0 unspecified atom stereocenters. The minimum absolute atomic E-state index is 0.124. The summed E-state index contributed by atoms with van der Waals surface area (Å²) in [6.07, 6.45) is 8.06. The number of aromatic nitrogens is 1. The number of hydrogen-bond acceptors (Lipinski definition) is 3. The average Bonchev–Trinajstić information content (AvgIpc) is 2.50. The molecule has 124 valence electrons. The number of nitrogens with zero attached hydrogens (tertiary/aromatic N) is 1. The van der Waals surface area contributed by atoms with E-state index in [2.05, 4.69) is 10.3 Å². The molecule has 0 aliphatic heterocycles. The first-order chi connectivity index (χ1) is 11.0. The molecule has 5 rings (SSSR count). The normalized spacial score (nSPS) is 37.7. The van der Waals surface area contributed by atoms with Crippen LogP contribution in [0.15, 0.2) is 18.3 Å². The molecule has 4 nitrogen and oxygen atoms in total. The number of alkyl halides is 1. The molecule has 4 aliphatic carbocycles. The maximum atomic E-state index is 13.0. The number of nitrogens with one attached hydrogen (secondary N) is 1. The summed E-state index contributed by atoms with van der Waals surface area (Å²) >= 11 is 6.82. The lowest BCUT2D eigenvalue weighted by molar-refractivity contribution is -0.144. The number of methoxy groups -OCH3 is 1. The highest BCUT2D eigenvalue weighted by atomic mass is 35.5. The van der Waals surface area contributed by atoms with E-state index in [1.54, 1.807) is 13.3 Å². The summed E-state index contributed by atoms with van der Waals surface area (Å²) in [5, 5.41) is 3.14. The second-order valence-corrected chi connectivity index (χ2v) is 8.58. The van der Waals surface area contributed by atoms with E-state index in [-0.39, 0.29) is 16.2 Å².